The summed E-state index contributed by atoms with van der Waals surface area (Å²) in [6.07, 6.45) is 0. The van der Waals surface area contributed by atoms with Crippen LogP contribution in [0.4, 0.5) is 0 Å². The molecule has 0 atom stereocenters. The Balaban J connectivity index is 1.19. The first kappa shape index (κ1) is 19.1. The highest BCUT2D eigenvalue weighted by molar-refractivity contribution is 6.18. The molecule has 0 unspecified atom stereocenters. The Morgan fingerprint density at radius 3 is 1.93 bits per heavy atom. The summed E-state index contributed by atoms with van der Waals surface area (Å²) >= 11 is 0. The van der Waals surface area contributed by atoms with Gasteiger partial charge < -0.3 is 8.98 Å². The Morgan fingerprint density at radius 1 is 0.491 bits per heavy atom. The minimum atomic E-state index is -0.691. The molecule has 3 heterocycles. The molecule has 0 radical (unpaired) electrons. The lowest BCUT2D eigenvalue weighted by Gasteiger charge is -2.10. The summed E-state index contributed by atoms with van der Waals surface area (Å²) in [7, 11) is 0. The second-order valence-corrected chi connectivity index (χ2v) is 12.8. The van der Waals surface area contributed by atoms with Gasteiger partial charge in [-0.05, 0) is 40.2 Å². The maximum Gasteiger partial charge on any atom is 0.164 e. The highest BCUT2D eigenvalue weighted by Crippen LogP contribution is 2.39. The van der Waals surface area contributed by atoms with Crippen molar-refractivity contribution in [3.63, 3.8) is 0 Å². The Bertz CT molecular complexity index is 4140. The zero-order valence-corrected chi connectivity index (χ0v) is 28.5. The molecule has 0 bridgehead atoms. The highest BCUT2D eigenvalue weighted by Gasteiger charge is 2.19. The molecule has 258 valence electrons. The molecule has 0 spiro atoms. The van der Waals surface area contributed by atoms with E-state index in [1.54, 1.807) is 24.3 Å². The van der Waals surface area contributed by atoms with E-state index in [0.717, 1.165) is 11.1 Å². The van der Waals surface area contributed by atoms with Gasteiger partial charge in [0.15, 0.2) is 17.5 Å². The van der Waals surface area contributed by atoms with Crippen molar-refractivity contribution in [2.45, 2.75) is 6.54 Å². The molecule has 0 N–H and O–H groups in total. The molecule has 0 aliphatic heterocycles. The Hall–Kier alpha value is -7.37. The van der Waals surface area contributed by atoms with Crippen molar-refractivity contribution in [2.75, 3.05) is 0 Å². The molecule has 0 aliphatic carbocycles. The van der Waals surface area contributed by atoms with Crippen molar-refractivity contribution in [1.29, 1.82) is 0 Å². The predicted molar refractivity (Wildman–Crippen MR) is 225 cm³/mol. The van der Waals surface area contributed by atoms with Crippen LogP contribution in [-0.4, -0.2) is 19.5 Å². The number of hydrogen-bond acceptors (Lipinski definition) is 4. The number of rotatable bonds is 6. The van der Waals surface area contributed by atoms with Crippen LogP contribution in [0.15, 0.2) is 186 Å². The Kier molecular flexibility index (Phi) is 4.39. The molecule has 0 saturated carbocycles. The van der Waals surface area contributed by atoms with Crippen molar-refractivity contribution >= 4 is 54.5 Å². The zero-order chi connectivity index (χ0) is 50.2. The number of para-hydroxylation sites is 1. The van der Waals surface area contributed by atoms with Crippen molar-refractivity contribution in [1.82, 2.24) is 19.5 Å². The monoisotopic (exact) mass is 720 g/mol. The van der Waals surface area contributed by atoms with E-state index in [1.165, 1.54) is 4.57 Å². The van der Waals surface area contributed by atoms with Crippen LogP contribution in [0.2, 0.25) is 0 Å². The zero-order valence-electron chi connectivity index (χ0n) is 44.5. The normalized spacial score (nSPS) is 15.8. The summed E-state index contributed by atoms with van der Waals surface area (Å²) in [4.78, 5) is 14.4. The standard InChI is InChI=1S/C50H32N4O/c1-3-12-33(13-4-1)34-23-25-37(26-24-34)49-51-48(36-15-5-2-6-16-36)52-50(53-49)42-19-11-21-44-46(42)41-28-22-32(30-45(41)55-44)31-54-43-20-10-9-18-39(43)40-29-27-35-14-7-8-17-38(35)47(40)54/h1-30H,31H2/i7D,8D,9D,10D,11D,14D,17D,18D,19D,20D,21D,22D,27D,28D,29D,30D. The van der Waals surface area contributed by atoms with Crippen LogP contribution in [0.3, 0.4) is 0 Å². The first-order valence-corrected chi connectivity index (χ1v) is 17.3. The van der Waals surface area contributed by atoms with Crippen LogP contribution in [0.25, 0.3) is 99.8 Å². The van der Waals surface area contributed by atoms with Gasteiger partial charge in [0.05, 0.1) is 27.4 Å². The maximum absolute atomic E-state index is 9.66. The Morgan fingerprint density at radius 2 is 1.13 bits per heavy atom. The lowest BCUT2D eigenvalue weighted by molar-refractivity contribution is 0.667. The van der Waals surface area contributed by atoms with Crippen LogP contribution in [0.5, 0.6) is 0 Å². The SMILES string of the molecule is [2H]c1c([2H])c(-c2nc(-c3ccccc3)nc(-c3ccc(-c4ccccc4)cc3)n2)c2c(oc3c([2H])c(Cn4c5c([2H])c([2H])c([2H])c([2H])c5c5c([2H])c([2H])c6c([2H])c([2H])c([2H])c([2H])c6c54)c([2H])c([2H])c32)c1[2H]. The van der Waals surface area contributed by atoms with E-state index >= 15 is 0 Å². The van der Waals surface area contributed by atoms with Gasteiger partial charge >= 0.3 is 0 Å². The smallest absolute Gasteiger partial charge is 0.164 e. The third-order valence-corrected chi connectivity index (χ3v) is 9.51. The number of fused-ring (bicyclic) bond motifs is 8. The molecule has 0 amide bonds. The first-order chi connectivity index (χ1) is 33.9. The molecule has 0 aliphatic rings. The summed E-state index contributed by atoms with van der Waals surface area (Å²) < 4.78 is 152. The van der Waals surface area contributed by atoms with Crippen molar-refractivity contribution < 1.29 is 26.3 Å². The largest absolute Gasteiger partial charge is 0.456 e. The lowest BCUT2D eigenvalue weighted by atomic mass is 10.0. The van der Waals surface area contributed by atoms with E-state index in [0.29, 0.717) is 11.1 Å². The van der Waals surface area contributed by atoms with Crippen molar-refractivity contribution in [3.05, 3.63) is 187 Å². The van der Waals surface area contributed by atoms with Gasteiger partial charge in [-0.15, -0.1) is 0 Å². The van der Waals surface area contributed by atoms with E-state index in [4.69, 9.17) is 35.8 Å². The summed E-state index contributed by atoms with van der Waals surface area (Å²) in [5, 5.41) is -1.36. The molecule has 11 rings (SSSR count). The van der Waals surface area contributed by atoms with Gasteiger partial charge in [-0.3, -0.25) is 0 Å². The summed E-state index contributed by atoms with van der Waals surface area (Å²) in [6, 6.07) is 16.5. The molecule has 0 saturated heterocycles. The molecular formula is C50H32N4O. The Labute approximate surface area is 339 Å². The van der Waals surface area contributed by atoms with Crippen molar-refractivity contribution in [2.24, 2.45) is 0 Å². The van der Waals surface area contributed by atoms with Crippen LogP contribution in [0.1, 0.15) is 27.5 Å². The van der Waals surface area contributed by atoms with Crippen LogP contribution >= 0.6 is 0 Å². The van der Waals surface area contributed by atoms with Gasteiger partial charge in [-0.1, -0.05) is 163 Å². The molecule has 55 heavy (non-hydrogen) atoms. The minimum Gasteiger partial charge on any atom is -0.456 e. The lowest BCUT2D eigenvalue weighted by Crippen LogP contribution is -2.00. The van der Waals surface area contributed by atoms with E-state index in [9.17, 15) is 5.48 Å². The number of hydrogen-bond donors (Lipinski definition) is 0. The fourth-order valence-electron chi connectivity index (χ4n) is 6.97. The summed E-state index contributed by atoms with van der Waals surface area (Å²) in [5.41, 5.74) is 1.61. The molecule has 8 aromatic carbocycles. The van der Waals surface area contributed by atoms with Gasteiger partial charge in [0, 0.05) is 55.7 Å². The maximum atomic E-state index is 9.66. The summed E-state index contributed by atoms with van der Waals surface area (Å²) in [6.45, 7) is -0.651. The minimum absolute atomic E-state index is 0.0880. The van der Waals surface area contributed by atoms with Gasteiger partial charge in [-0.2, -0.15) is 0 Å². The number of benzene rings is 8. The summed E-state index contributed by atoms with van der Waals surface area (Å²) in [5.74, 6) is 0.274. The second kappa shape index (κ2) is 12.6. The third kappa shape index (κ3) is 5.28. The average Bonchev–Trinajstić information content (AvgIpc) is 3.95. The molecule has 0 fully saturated rings. The van der Waals surface area contributed by atoms with Gasteiger partial charge in [-0.25, -0.2) is 15.0 Å². The number of furan rings is 1. The molecule has 5 heteroatoms. The number of aromatic nitrogens is 4. The number of nitrogens with zero attached hydrogens (tertiary/aromatic N) is 4. The third-order valence-electron chi connectivity index (χ3n) is 9.51. The average molecular weight is 721 g/mol. The van der Waals surface area contributed by atoms with Crippen LogP contribution in [0, 0.1) is 0 Å². The van der Waals surface area contributed by atoms with Crippen LogP contribution in [-0.2, 0) is 6.54 Å². The van der Waals surface area contributed by atoms with E-state index < -0.39 is 103 Å². The van der Waals surface area contributed by atoms with E-state index in [-0.39, 0.29) is 83.1 Å². The van der Waals surface area contributed by atoms with Gasteiger partial charge in [0.2, 0.25) is 0 Å². The highest BCUT2D eigenvalue weighted by atomic mass is 16.3. The fraction of sp³-hybridized carbons (Fsp3) is 0.0200. The van der Waals surface area contributed by atoms with Crippen molar-refractivity contribution in [3.8, 4) is 45.3 Å². The van der Waals surface area contributed by atoms with Gasteiger partial charge in [0.1, 0.15) is 11.2 Å². The molecule has 5 nitrogen and oxygen atoms in total. The van der Waals surface area contributed by atoms with Crippen LogP contribution < -0.4 is 0 Å². The quantitative estimate of drug-likeness (QED) is 0.172. The fourth-order valence-corrected chi connectivity index (χ4v) is 6.97. The molecule has 11 aromatic rings. The second-order valence-electron chi connectivity index (χ2n) is 12.8. The van der Waals surface area contributed by atoms with E-state index in [2.05, 4.69) is 0 Å². The topological polar surface area (TPSA) is 56.7 Å². The molecular weight excluding hydrogens is 673 g/mol. The molecule has 3 aromatic heterocycles. The van der Waals surface area contributed by atoms with E-state index in [1.807, 2.05) is 60.7 Å². The predicted octanol–water partition coefficient (Wildman–Crippen LogP) is 12.7. The first-order valence-electron chi connectivity index (χ1n) is 25.3. The van der Waals surface area contributed by atoms with Gasteiger partial charge in [0.25, 0.3) is 0 Å².